The molecule has 1 aliphatic heterocycles. The van der Waals surface area contributed by atoms with Gasteiger partial charge in [-0.05, 0) is 12.8 Å². The van der Waals surface area contributed by atoms with Gasteiger partial charge < -0.3 is 4.90 Å². The Bertz CT molecular complexity index is 575. The van der Waals surface area contributed by atoms with Crippen molar-refractivity contribution in [1.82, 2.24) is 4.90 Å². The van der Waals surface area contributed by atoms with Crippen LogP contribution in [0.1, 0.15) is 25.7 Å². The molecule has 1 saturated heterocycles. The highest BCUT2D eigenvalue weighted by atomic mass is 19.4. The van der Waals surface area contributed by atoms with Crippen molar-refractivity contribution in [2.45, 2.75) is 61.5 Å². The number of carbonyl (C=O) groups is 1. The maximum Gasteiger partial charge on any atom is 0.460 e. The summed E-state index contributed by atoms with van der Waals surface area (Å²) in [6.45, 7) is -1.30. The SMILES string of the molecule is O=C(N1CCCCCC1)C(F)(F)C(F)(F)C(F)(F)C(F)(F)C(F)(F)C(F)(F)F. The van der Waals surface area contributed by atoms with Gasteiger partial charge in [0, 0.05) is 13.1 Å². The zero-order valence-electron chi connectivity index (χ0n) is 13.5. The van der Waals surface area contributed by atoms with E-state index in [1.807, 2.05) is 0 Å². The van der Waals surface area contributed by atoms with E-state index < -0.39 is 54.8 Å². The second kappa shape index (κ2) is 7.11. The lowest BCUT2D eigenvalue weighted by Gasteiger charge is -2.40. The molecule has 1 fully saturated rings. The lowest BCUT2D eigenvalue weighted by Crippen LogP contribution is -2.72. The molecule has 1 aliphatic rings. The summed E-state index contributed by atoms with van der Waals surface area (Å²) in [7, 11) is 0. The highest BCUT2D eigenvalue weighted by Gasteiger charge is 2.91. The van der Waals surface area contributed by atoms with E-state index in [0.29, 0.717) is 12.8 Å². The van der Waals surface area contributed by atoms with Crippen molar-refractivity contribution in [3.8, 4) is 0 Å². The first-order valence-electron chi connectivity index (χ1n) is 7.52. The Balaban J connectivity index is 3.38. The molecule has 0 N–H and O–H groups in total. The average molecular weight is 445 g/mol. The second-order valence-electron chi connectivity index (χ2n) is 6.08. The Labute approximate surface area is 148 Å². The lowest BCUT2D eigenvalue weighted by molar-refractivity contribution is -0.436. The molecule has 0 radical (unpaired) electrons. The van der Waals surface area contributed by atoms with Gasteiger partial charge in [-0.1, -0.05) is 12.8 Å². The number of rotatable bonds is 5. The minimum absolute atomic E-state index is 0.0356. The Hall–Kier alpha value is -1.44. The molecule has 0 bridgehead atoms. The first kappa shape index (κ1) is 24.6. The Morgan fingerprint density at radius 1 is 0.536 bits per heavy atom. The van der Waals surface area contributed by atoms with Crippen LogP contribution < -0.4 is 0 Å². The van der Waals surface area contributed by atoms with E-state index in [9.17, 15) is 61.9 Å². The van der Waals surface area contributed by atoms with Gasteiger partial charge in [0.05, 0.1) is 0 Å². The molecule has 1 amide bonds. The van der Waals surface area contributed by atoms with Crippen molar-refractivity contribution < 1.29 is 61.9 Å². The van der Waals surface area contributed by atoms with Crippen molar-refractivity contribution >= 4 is 5.91 Å². The number of hydrogen-bond acceptors (Lipinski definition) is 1. The van der Waals surface area contributed by atoms with Crippen LogP contribution in [0, 0.1) is 0 Å². The third kappa shape index (κ3) is 3.48. The van der Waals surface area contributed by atoms with E-state index >= 15 is 0 Å². The summed E-state index contributed by atoms with van der Waals surface area (Å²) in [6, 6.07) is 0. The molecule has 166 valence electrons. The van der Waals surface area contributed by atoms with Crippen LogP contribution in [0.3, 0.4) is 0 Å². The molecule has 0 spiro atoms. The van der Waals surface area contributed by atoms with E-state index in [-0.39, 0.29) is 17.7 Å². The number of carbonyl (C=O) groups excluding carboxylic acids is 1. The van der Waals surface area contributed by atoms with Crippen LogP contribution in [0.25, 0.3) is 0 Å². The third-order valence-corrected chi connectivity index (χ3v) is 4.10. The summed E-state index contributed by atoms with van der Waals surface area (Å²) in [6.07, 6.45) is -6.88. The zero-order chi connectivity index (χ0) is 22.4. The van der Waals surface area contributed by atoms with Crippen molar-refractivity contribution in [3.05, 3.63) is 0 Å². The van der Waals surface area contributed by atoms with Gasteiger partial charge in [0.2, 0.25) is 0 Å². The number of halogens is 13. The van der Waals surface area contributed by atoms with Crippen LogP contribution in [0.2, 0.25) is 0 Å². The van der Waals surface area contributed by atoms with E-state index in [2.05, 4.69) is 0 Å². The predicted octanol–water partition coefficient (Wildman–Crippen LogP) is 5.13. The molecule has 1 rings (SSSR count). The van der Waals surface area contributed by atoms with E-state index in [1.165, 1.54) is 0 Å². The summed E-state index contributed by atoms with van der Waals surface area (Å²) < 4.78 is 169. The van der Waals surface area contributed by atoms with Gasteiger partial charge in [0.25, 0.3) is 5.91 Å². The minimum Gasteiger partial charge on any atom is -0.337 e. The van der Waals surface area contributed by atoms with Gasteiger partial charge in [-0.3, -0.25) is 4.79 Å². The molecule has 0 aromatic heterocycles. The topological polar surface area (TPSA) is 20.3 Å². The van der Waals surface area contributed by atoms with Gasteiger partial charge in [0.1, 0.15) is 0 Å². The van der Waals surface area contributed by atoms with Crippen LogP contribution in [-0.2, 0) is 4.79 Å². The fourth-order valence-electron chi connectivity index (χ4n) is 2.38. The van der Waals surface area contributed by atoms with Gasteiger partial charge in [-0.25, -0.2) is 0 Å². The molecule has 0 aromatic rings. The molecule has 1 heterocycles. The van der Waals surface area contributed by atoms with Gasteiger partial charge in [0.15, 0.2) is 0 Å². The van der Waals surface area contributed by atoms with E-state index in [4.69, 9.17) is 0 Å². The predicted molar refractivity (Wildman–Crippen MR) is 65.8 cm³/mol. The van der Waals surface area contributed by atoms with Gasteiger partial charge in [-0.2, -0.15) is 57.1 Å². The highest BCUT2D eigenvalue weighted by molar-refractivity contribution is 5.85. The number of nitrogens with zero attached hydrogens (tertiary/aromatic N) is 1. The van der Waals surface area contributed by atoms with Crippen molar-refractivity contribution in [2.75, 3.05) is 13.1 Å². The van der Waals surface area contributed by atoms with Gasteiger partial charge >= 0.3 is 35.8 Å². The molecule has 0 aromatic carbocycles. The number of hydrogen-bond donors (Lipinski definition) is 0. The summed E-state index contributed by atoms with van der Waals surface area (Å²) in [5.41, 5.74) is 0. The van der Waals surface area contributed by atoms with Crippen LogP contribution >= 0.6 is 0 Å². The summed E-state index contributed by atoms with van der Waals surface area (Å²) >= 11 is 0. The van der Waals surface area contributed by atoms with Crippen molar-refractivity contribution in [2.24, 2.45) is 0 Å². The average Bonchev–Trinajstić information content (AvgIpc) is 2.81. The number of likely N-dealkylation sites (tertiary alicyclic amines) is 1. The van der Waals surface area contributed by atoms with E-state index in [0.717, 1.165) is 0 Å². The monoisotopic (exact) mass is 445 g/mol. The maximum atomic E-state index is 13.7. The normalized spacial score (nSPS) is 18.8. The summed E-state index contributed by atoms with van der Waals surface area (Å²) in [5.74, 6) is -41.1. The molecule has 0 saturated carbocycles. The molecule has 0 unspecified atom stereocenters. The number of alkyl halides is 13. The Morgan fingerprint density at radius 2 is 0.893 bits per heavy atom. The highest BCUT2D eigenvalue weighted by Crippen LogP contribution is 2.60. The van der Waals surface area contributed by atoms with Crippen LogP contribution in [0.15, 0.2) is 0 Å². The van der Waals surface area contributed by atoms with Gasteiger partial charge in [-0.15, -0.1) is 0 Å². The standard InChI is InChI=1S/C13H12F13NO/c14-8(15,7(28)27-5-3-1-2-4-6-27)9(16,17)10(18,19)11(20,21)12(22,23)13(24,25)26/h1-6H2. The molecule has 0 aliphatic carbocycles. The summed E-state index contributed by atoms with van der Waals surface area (Å²) in [5, 5.41) is 0. The fraction of sp³-hybridized carbons (Fsp3) is 0.923. The molecule has 0 atom stereocenters. The van der Waals surface area contributed by atoms with Crippen molar-refractivity contribution in [3.63, 3.8) is 0 Å². The lowest BCUT2D eigenvalue weighted by atomic mass is 9.93. The maximum absolute atomic E-state index is 13.7. The van der Waals surface area contributed by atoms with Crippen molar-refractivity contribution in [1.29, 1.82) is 0 Å². The zero-order valence-corrected chi connectivity index (χ0v) is 13.5. The van der Waals surface area contributed by atoms with Crippen LogP contribution in [-0.4, -0.2) is 59.7 Å². The molecule has 28 heavy (non-hydrogen) atoms. The first-order chi connectivity index (χ1) is 12.3. The van der Waals surface area contributed by atoms with Crippen LogP contribution in [0.4, 0.5) is 57.1 Å². The fourth-order valence-corrected chi connectivity index (χ4v) is 2.38. The Morgan fingerprint density at radius 3 is 1.25 bits per heavy atom. The molecule has 15 heteroatoms. The van der Waals surface area contributed by atoms with E-state index in [1.54, 1.807) is 0 Å². The summed E-state index contributed by atoms with van der Waals surface area (Å²) in [4.78, 5) is 11.5. The quantitative estimate of drug-likeness (QED) is 0.538. The second-order valence-corrected chi connectivity index (χ2v) is 6.08. The smallest absolute Gasteiger partial charge is 0.337 e. The molecular weight excluding hydrogens is 433 g/mol. The Kier molecular flexibility index (Phi) is 6.25. The molecule has 2 nitrogen and oxygen atoms in total. The first-order valence-corrected chi connectivity index (χ1v) is 7.52. The third-order valence-electron chi connectivity index (χ3n) is 4.10. The number of amides is 1. The largest absolute Gasteiger partial charge is 0.460 e. The molecular formula is C13H12F13NO. The van der Waals surface area contributed by atoms with Crippen LogP contribution in [0.5, 0.6) is 0 Å². The minimum atomic E-state index is -8.00.